The number of rotatable bonds is 4. The number of nitrogens with two attached hydrogens (primary N) is 1. The highest BCUT2D eigenvalue weighted by molar-refractivity contribution is 7.19. The van der Waals surface area contributed by atoms with Gasteiger partial charge in [0.05, 0.1) is 16.3 Å². The summed E-state index contributed by atoms with van der Waals surface area (Å²) in [4.78, 5) is 15.0. The number of aryl methyl sites for hydroxylation is 2. The second-order valence-corrected chi connectivity index (χ2v) is 8.43. The first kappa shape index (κ1) is 19.8. The van der Waals surface area contributed by atoms with Gasteiger partial charge in [-0.25, -0.2) is 4.79 Å². The average molecular weight is 434 g/mol. The minimum atomic E-state index is -0.951. The summed E-state index contributed by atoms with van der Waals surface area (Å²) in [5.41, 5.74) is 8.55. The lowest BCUT2D eigenvalue weighted by Gasteiger charge is -2.39. The molecule has 0 saturated carbocycles. The van der Waals surface area contributed by atoms with Gasteiger partial charge in [0, 0.05) is 29.5 Å². The number of fused-ring (bicyclic) bond motifs is 1. The first-order valence-electron chi connectivity index (χ1n) is 9.01. The van der Waals surface area contributed by atoms with Crippen LogP contribution in [0.1, 0.15) is 22.4 Å². The largest absolute Gasteiger partial charge is 0.415 e. The quantitative estimate of drug-likeness (QED) is 0.542. The second kappa shape index (κ2) is 7.75. The molecule has 10 heteroatoms. The molecule has 1 aliphatic rings. The minimum Gasteiger partial charge on any atom is -0.410 e. The molecule has 4 N–H and O–H groups in total. The number of benzene rings is 1. The van der Waals surface area contributed by atoms with Crippen molar-refractivity contribution in [2.75, 3.05) is 18.8 Å². The number of ether oxygens (including phenoxy) is 1. The van der Waals surface area contributed by atoms with Crippen molar-refractivity contribution >= 4 is 44.9 Å². The third-order valence-electron chi connectivity index (χ3n) is 4.96. The maximum atomic E-state index is 12.2. The summed E-state index contributed by atoms with van der Waals surface area (Å²) in [7, 11) is 0. The summed E-state index contributed by atoms with van der Waals surface area (Å²) in [6.45, 7) is 4.66. The van der Waals surface area contributed by atoms with Crippen molar-refractivity contribution in [3.63, 3.8) is 0 Å². The Labute approximate surface area is 176 Å². The van der Waals surface area contributed by atoms with E-state index >= 15 is 0 Å². The van der Waals surface area contributed by atoms with E-state index in [1.807, 2.05) is 13.8 Å². The van der Waals surface area contributed by atoms with Gasteiger partial charge in [-0.2, -0.15) is 5.10 Å². The molecule has 1 aliphatic heterocycles. The molecule has 1 atom stereocenters. The monoisotopic (exact) mass is 433 g/mol. The molecule has 0 bridgehead atoms. The summed E-state index contributed by atoms with van der Waals surface area (Å²) in [5, 5.41) is 23.4. The van der Waals surface area contributed by atoms with Crippen LogP contribution in [0.5, 0.6) is 5.75 Å². The number of carbonyl (C=O) groups is 1. The molecule has 0 aliphatic carbocycles. The van der Waals surface area contributed by atoms with Crippen molar-refractivity contribution in [3.8, 4) is 5.75 Å². The van der Waals surface area contributed by atoms with Crippen molar-refractivity contribution in [1.82, 2.24) is 20.4 Å². The number of aliphatic hydroxyl groups is 1. The number of likely N-dealkylation sites (tertiary alicyclic amines) is 1. The van der Waals surface area contributed by atoms with Gasteiger partial charge in [0.1, 0.15) is 16.8 Å². The normalized spacial score (nSPS) is 15.4. The number of halogens is 1. The molecule has 8 nitrogen and oxygen atoms in total. The van der Waals surface area contributed by atoms with Gasteiger partial charge in [-0.15, -0.1) is 16.4 Å². The van der Waals surface area contributed by atoms with Crippen LogP contribution in [0.15, 0.2) is 24.3 Å². The van der Waals surface area contributed by atoms with Gasteiger partial charge < -0.3 is 20.5 Å². The van der Waals surface area contributed by atoms with Crippen molar-refractivity contribution < 1.29 is 14.6 Å². The number of nitrogens with one attached hydrogen (secondary N) is 1. The Morgan fingerprint density at radius 1 is 1.34 bits per heavy atom. The number of amides is 1. The van der Waals surface area contributed by atoms with E-state index in [4.69, 9.17) is 22.1 Å². The Kier molecular flexibility index (Phi) is 5.30. The van der Waals surface area contributed by atoms with E-state index in [1.165, 1.54) is 11.3 Å². The van der Waals surface area contributed by atoms with E-state index in [2.05, 4.69) is 15.5 Å². The van der Waals surface area contributed by atoms with E-state index in [9.17, 15) is 9.90 Å². The van der Waals surface area contributed by atoms with Crippen LogP contribution < -0.4 is 15.8 Å². The highest BCUT2D eigenvalue weighted by Crippen LogP contribution is 2.38. The Bertz CT molecular complexity index is 1070. The average Bonchev–Trinajstić information content (AvgIpc) is 3.00. The summed E-state index contributed by atoms with van der Waals surface area (Å²) in [5.74, 6) is 0.431. The molecule has 1 amide bonds. The lowest BCUT2D eigenvalue weighted by molar-refractivity contribution is 0.0592. The van der Waals surface area contributed by atoms with Crippen molar-refractivity contribution in [1.29, 1.82) is 0 Å². The van der Waals surface area contributed by atoms with E-state index in [0.29, 0.717) is 39.3 Å². The zero-order chi connectivity index (χ0) is 20.7. The maximum absolute atomic E-state index is 12.2. The Balaban J connectivity index is 1.36. The number of nitrogen functional groups attached to an aromatic ring is 1. The van der Waals surface area contributed by atoms with E-state index in [0.717, 1.165) is 16.6 Å². The maximum Gasteiger partial charge on any atom is 0.415 e. The molecule has 152 valence electrons. The predicted molar refractivity (Wildman–Crippen MR) is 112 cm³/mol. The molecule has 1 fully saturated rings. The van der Waals surface area contributed by atoms with Gasteiger partial charge in [0.2, 0.25) is 0 Å². The molecule has 1 saturated heterocycles. The van der Waals surface area contributed by atoms with E-state index < -0.39 is 12.3 Å². The number of thiophene rings is 1. The molecular formula is C19H20ClN5O3S. The summed E-state index contributed by atoms with van der Waals surface area (Å²) < 4.78 is 5.30. The van der Waals surface area contributed by atoms with Gasteiger partial charge in [0.15, 0.2) is 0 Å². The molecule has 3 heterocycles. The molecule has 3 aromatic rings. The third-order valence-corrected chi connectivity index (χ3v) is 6.36. The first-order chi connectivity index (χ1) is 13.8. The highest BCUT2D eigenvalue weighted by Gasteiger charge is 2.34. The highest BCUT2D eigenvalue weighted by atomic mass is 35.5. The van der Waals surface area contributed by atoms with Crippen LogP contribution >= 0.6 is 22.9 Å². The smallest absolute Gasteiger partial charge is 0.410 e. The second-order valence-electron chi connectivity index (χ2n) is 6.96. The molecule has 1 aromatic carbocycles. The topological polar surface area (TPSA) is 114 Å². The minimum absolute atomic E-state index is 0.0682. The van der Waals surface area contributed by atoms with Gasteiger partial charge in [-0.1, -0.05) is 11.6 Å². The zero-order valence-electron chi connectivity index (χ0n) is 15.8. The first-order valence-corrected chi connectivity index (χ1v) is 10.2. The number of carbonyl (C=O) groups excluding carboxylic acids is 1. The number of aliphatic hydroxyl groups excluding tert-OH is 1. The van der Waals surface area contributed by atoms with Gasteiger partial charge >= 0.3 is 6.09 Å². The molecule has 2 aromatic heterocycles. The number of aromatic nitrogens is 2. The number of nitrogens with zero attached hydrogens (tertiary/aromatic N) is 3. The predicted octanol–water partition coefficient (Wildman–Crippen LogP) is 3.01. The molecule has 0 spiro atoms. The lowest BCUT2D eigenvalue weighted by Crippen LogP contribution is -2.60. The number of hydrogen-bond donors (Lipinski definition) is 3. The van der Waals surface area contributed by atoms with Crippen LogP contribution in [0.25, 0.3) is 10.2 Å². The number of hydrogen-bond acceptors (Lipinski definition) is 8. The number of anilines is 1. The fourth-order valence-corrected chi connectivity index (χ4v) is 4.33. The van der Waals surface area contributed by atoms with Crippen LogP contribution in [-0.2, 0) is 0 Å². The standard InChI is InChI=1S/C19H20ClN5O3S/c1-9-10(2)23-24-18-14(9)15(21)16(29-18)17(26)22-12-7-25(8-12)19(27)28-13-5-3-11(20)4-6-13/h3-6,12,17,22,26H,7-8,21H2,1-2H3. The summed E-state index contributed by atoms with van der Waals surface area (Å²) in [6.07, 6.45) is -1.39. The Morgan fingerprint density at radius 2 is 2.03 bits per heavy atom. The Hall–Kier alpha value is -2.46. The molecule has 29 heavy (non-hydrogen) atoms. The van der Waals surface area contributed by atoms with Crippen LogP contribution in [0, 0.1) is 13.8 Å². The van der Waals surface area contributed by atoms with Crippen LogP contribution in [0.3, 0.4) is 0 Å². The molecule has 1 unspecified atom stereocenters. The summed E-state index contributed by atoms with van der Waals surface area (Å²) >= 11 is 7.14. The van der Waals surface area contributed by atoms with Crippen molar-refractivity contribution in [3.05, 3.63) is 45.4 Å². The van der Waals surface area contributed by atoms with Gasteiger partial charge in [0.25, 0.3) is 0 Å². The zero-order valence-corrected chi connectivity index (χ0v) is 17.4. The van der Waals surface area contributed by atoms with Crippen molar-refractivity contribution in [2.24, 2.45) is 0 Å². The fourth-order valence-electron chi connectivity index (χ4n) is 3.16. The van der Waals surface area contributed by atoms with Gasteiger partial charge in [-0.3, -0.25) is 5.32 Å². The van der Waals surface area contributed by atoms with E-state index in [1.54, 1.807) is 29.2 Å². The SMILES string of the molecule is Cc1nnc2sc(C(O)NC3CN(C(=O)Oc4ccc(Cl)cc4)C3)c(N)c2c1C. The third kappa shape index (κ3) is 3.86. The summed E-state index contributed by atoms with van der Waals surface area (Å²) in [6, 6.07) is 6.52. The van der Waals surface area contributed by atoms with Crippen molar-refractivity contribution in [2.45, 2.75) is 26.1 Å². The van der Waals surface area contributed by atoms with E-state index in [-0.39, 0.29) is 6.04 Å². The van der Waals surface area contributed by atoms with Crippen LogP contribution in [-0.4, -0.2) is 45.4 Å². The lowest BCUT2D eigenvalue weighted by atomic mass is 10.1. The Morgan fingerprint density at radius 3 is 2.72 bits per heavy atom. The molecule has 0 radical (unpaired) electrons. The van der Waals surface area contributed by atoms with Crippen LogP contribution in [0.4, 0.5) is 10.5 Å². The molecule has 4 rings (SSSR count). The fraction of sp³-hybridized carbons (Fsp3) is 0.316. The van der Waals surface area contributed by atoms with Gasteiger partial charge in [-0.05, 0) is 43.7 Å². The van der Waals surface area contributed by atoms with Crippen LogP contribution in [0.2, 0.25) is 5.02 Å². The molecular weight excluding hydrogens is 414 g/mol.